The number of rotatable bonds is 7. The Morgan fingerprint density at radius 3 is 2.45 bits per heavy atom. The maximum absolute atomic E-state index is 12.0. The first-order chi connectivity index (χ1) is 9.47. The van der Waals surface area contributed by atoms with Gasteiger partial charge in [-0.1, -0.05) is 35.0 Å². The number of hydrogen-bond donors (Lipinski definition) is 2. The topological polar surface area (TPSA) is 49.3 Å². The molecule has 3 atom stereocenters. The first-order valence-electron chi connectivity index (χ1n) is 6.66. The number of benzene rings is 1. The molecular weight excluding hydrogens is 338 g/mol. The molecule has 5 heteroatoms. The molecular formula is C15H22BrNO2S. The smallest absolute Gasteiger partial charge is 0.220 e. The molecule has 0 aliphatic heterocycles. The fourth-order valence-electron chi connectivity index (χ4n) is 2.03. The lowest BCUT2D eigenvalue weighted by atomic mass is 9.97. The van der Waals surface area contributed by atoms with Crippen LogP contribution in [0.1, 0.15) is 31.7 Å². The molecule has 0 fully saturated rings. The Kier molecular flexibility index (Phi) is 7.62. The Morgan fingerprint density at radius 2 is 1.95 bits per heavy atom. The van der Waals surface area contributed by atoms with Crippen LogP contribution in [0.2, 0.25) is 0 Å². The highest BCUT2D eigenvalue weighted by Crippen LogP contribution is 2.21. The average Bonchev–Trinajstić information content (AvgIpc) is 2.40. The molecule has 20 heavy (non-hydrogen) atoms. The van der Waals surface area contributed by atoms with Gasteiger partial charge in [-0.15, -0.1) is 0 Å². The normalized spacial score (nSPS) is 15.4. The predicted molar refractivity (Wildman–Crippen MR) is 89.2 cm³/mol. The number of carbonyl (C=O) groups is 1. The lowest BCUT2D eigenvalue weighted by molar-refractivity contribution is -0.122. The third kappa shape index (κ3) is 5.46. The average molecular weight is 360 g/mol. The summed E-state index contributed by atoms with van der Waals surface area (Å²) in [7, 11) is 0. The van der Waals surface area contributed by atoms with Crippen molar-refractivity contribution in [1.82, 2.24) is 5.32 Å². The van der Waals surface area contributed by atoms with Crippen molar-refractivity contribution in [3.8, 4) is 0 Å². The number of thioether (sulfide) groups is 1. The van der Waals surface area contributed by atoms with Crippen molar-refractivity contribution in [3.63, 3.8) is 0 Å². The largest absolute Gasteiger partial charge is 0.395 e. The lowest BCUT2D eigenvalue weighted by Gasteiger charge is -2.22. The minimum Gasteiger partial charge on any atom is -0.395 e. The molecule has 0 aliphatic carbocycles. The zero-order valence-corrected chi connectivity index (χ0v) is 14.5. The van der Waals surface area contributed by atoms with E-state index in [0.717, 1.165) is 10.0 Å². The van der Waals surface area contributed by atoms with Crippen LogP contribution in [0.15, 0.2) is 28.7 Å². The highest BCUT2D eigenvalue weighted by molar-refractivity contribution is 9.10. The Bertz CT molecular complexity index is 420. The standard InChI is InChI=1S/C15H22BrNO2S/c1-10(12-4-6-13(16)7-5-12)8-15(19)17-11(2)14(9-18)20-3/h4-7,10-11,14,18H,8-9H2,1-3H3,(H,17,19). The summed E-state index contributed by atoms with van der Waals surface area (Å²) in [4.78, 5) is 12.0. The third-order valence-corrected chi connectivity index (χ3v) is 5.05. The number of nitrogens with one attached hydrogen (secondary N) is 1. The summed E-state index contributed by atoms with van der Waals surface area (Å²) in [5.41, 5.74) is 1.15. The zero-order chi connectivity index (χ0) is 15.1. The van der Waals surface area contributed by atoms with E-state index in [1.807, 2.05) is 44.4 Å². The lowest BCUT2D eigenvalue weighted by Crippen LogP contribution is -2.41. The van der Waals surface area contributed by atoms with E-state index in [4.69, 9.17) is 0 Å². The maximum atomic E-state index is 12.0. The van der Waals surface area contributed by atoms with Gasteiger partial charge in [0.15, 0.2) is 0 Å². The van der Waals surface area contributed by atoms with Gasteiger partial charge in [0.05, 0.1) is 6.61 Å². The fraction of sp³-hybridized carbons (Fsp3) is 0.533. The molecule has 3 unspecified atom stereocenters. The Hall–Kier alpha value is -0.520. The van der Waals surface area contributed by atoms with Gasteiger partial charge in [-0.05, 0) is 36.8 Å². The highest BCUT2D eigenvalue weighted by Gasteiger charge is 2.19. The van der Waals surface area contributed by atoms with Crippen molar-refractivity contribution in [1.29, 1.82) is 0 Å². The molecule has 1 aromatic rings. The van der Waals surface area contributed by atoms with Crippen LogP contribution >= 0.6 is 27.7 Å². The number of hydrogen-bond acceptors (Lipinski definition) is 3. The van der Waals surface area contributed by atoms with Gasteiger partial charge >= 0.3 is 0 Å². The van der Waals surface area contributed by atoms with Gasteiger partial charge in [-0.25, -0.2) is 0 Å². The molecule has 1 rings (SSSR count). The Labute approximate surface area is 133 Å². The molecule has 0 bridgehead atoms. The van der Waals surface area contributed by atoms with E-state index in [0.29, 0.717) is 6.42 Å². The first kappa shape index (κ1) is 17.5. The van der Waals surface area contributed by atoms with Crippen LogP contribution in [-0.4, -0.2) is 35.2 Å². The number of amides is 1. The highest BCUT2D eigenvalue weighted by atomic mass is 79.9. The molecule has 3 nitrogen and oxygen atoms in total. The van der Waals surface area contributed by atoms with E-state index < -0.39 is 0 Å². The fourth-order valence-corrected chi connectivity index (χ4v) is 2.92. The summed E-state index contributed by atoms with van der Waals surface area (Å²) >= 11 is 4.97. The molecule has 0 radical (unpaired) electrons. The van der Waals surface area contributed by atoms with Gasteiger partial charge in [0.1, 0.15) is 0 Å². The summed E-state index contributed by atoms with van der Waals surface area (Å²) in [6, 6.07) is 8.01. The van der Waals surface area contributed by atoms with E-state index in [-0.39, 0.29) is 29.7 Å². The number of carbonyl (C=O) groups excluding carboxylic acids is 1. The number of aliphatic hydroxyl groups is 1. The minimum absolute atomic E-state index is 0.0281. The van der Waals surface area contributed by atoms with Crippen LogP contribution in [0.25, 0.3) is 0 Å². The van der Waals surface area contributed by atoms with Crippen molar-refractivity contribution >= 4 is 33.6 Å². The van der Waals surface area contributed by atoms with E-state index in [1.165, 1.54) is 0 Å². The molecule has 0 heterocycles. The maximum Gasteiger partial charge on any atom is 0.220 e. The monoisotopic (exact) mass is 359 g/mol. The van der Waals surface area contributed by atoms with Crippen LogP contribution in [0, 0.1) is 0 Å². The minimum atomic E-state index is -0.0281. The Balaban J connectivity index is 2.51. The summed E-state index contributed by atoms with van der Waals surface area (Å²) in [5, 5.41) is 12.2. The van der Waals surface area contributed by atoms with Crippen molar-refractivity contribution < 1.29 is 9.90 Å². The zero-order valence-electron chi connectivity index (χ0n) is 12.1. The summed E-state index contributed by atoms with van der Waals surface area (Å²) in [6.07, 6.45) is 2.40. The quantitative estimate of drug-likeness (QED) is 0.785. The summed E-state index contributed by atoms with van der Waals surface area (Å²) in [5.74, 6) is 0.206. The van der Waals surface area contributed by atoms with Crippen molar-refractivity contribution in [2.75, 3.05) is 12.9 Å². The molecule has 0 saturated carbocycles. The second-order valence-corrected chi connectivity index (χ2v) is 6.96. The van der Waals surface area contributed by atoms with Gasteiger partial charge in [0, 0.05) is 22.2 Å². The summed E-state index contributed by atoms with van der Waals surface area (Å²) < 4.78 is 1.04. The number of aliphatic hydroxyl groups excluding tert-OH is 1. The molecule has 0 spiro atoms. The molecule has 0 saturated heterocycles. The molecule has 1 aromatic carbocycles. The molecule has 2 N–H and O–H groups in total. The van der Waals surface area contributed by atoms with Crippen molar-refractivity contribution in [3.05, 3.63) is 34.3 Å². The Morgan fingerprint density at radius 1 is 1.35 bits per heavy atom. The van der Waals surface area contributed by atoms with Crippen LogP contribution in [0.4, 0.5) is 0 Å². The van der Waals surface area contributed by atoms with E-state index >= 15 is 0 Å². The van der Waals surface area contributed by atoms with Crippen LogP contribution < -0.4 is 5.32 Å². The SMILES string of the molecule is CSC(CO)C(C)NC(=O)CC(C)c1ccc(Br)cc1. The summed E-state index contributed by atoms with van der Waals surface area (Å²) in [6.45, 7) is 4.05. The van der Waals surface area contributed by atoms with E-state index in [9.17, 15) is 9.90 Å². The van der Waals surface area contributed by atoms with Gasteiger partial charge in [0.25, 0.3) is 0 Å². The molecule has 0 aromatic heterocycles. The van der Waals surface area contributed by atoms with Gasteiger partial charge < -0.3 is 10.4 Å². The molecule has 1 amide bonds. The van der Waals surface area contributed by atoms with Crippen LogP contribution in [0.5, 0.6) is 0 Å². The first-order valence-corrected chi connectivity index (χ1v) is 8.74. The van der Waals surface area contributed by atoms with Crippen LogP contribution in [-0.2, 0) is 4.79 Å². The van der Waals surface area contributed by atoms with Crippen molar-refractivity contribution in [2.24, 2.45) is 0 Å². The third-order valence-electron chi connectivity index (χ3n) is 3.36. The molecule has 112 valence electrons. The van der Waals surface area contributed by atoms with E-state index in [2.05, 4.69) is 21.2 Å². The number of halogens is 1. The predicted octanol–water partition coefficient (Wildman–Crippen LogP) is 3.17. The van der Waals surface area contributed by atoms with Crippen molar-refractivity contribution in [2.45, 2.75) is 37.5 Å². The van der Waals surface area contributed by atoms with Gasteiger partial charge in [-0.2, -0.15) is 11.8 Å². The second-order valence-electron chi connectivity index (χ2n) is 4.97. The second kappa shape index (κ2) is 8.70. The van der Waals surface area contributed by atoms with Crippen LogP contribution in [0.3, 0.4) is 0 Å². The van der Waals surface area contributed by atoms with E-state index in [1.54, 1.807) is 11.8 Å². The van der Waals surface area contributed by atoms with Gasteiger partial charge in [-0.3, -0.25) is 4.79 Å². The molecule has 0 aliphatic rings. The van der Waals surface area contributed by atoms with Gasteiger partial charge in [0.2, 0.25) is 5.91 Å².